The highest BCUT2D eigenvalue weighted by atomic mass is 19.4. The Morgan fingerprint density at radius 1 is 1.17 bits per heavy atom. The number of benzene rings is 1. The third-order valence-electron chi connectivity index (χ3n) is 2.71. The average Bonchev–Trinajstić information content (AvgIpc) is 2.23. The van der Waals surface area contributed by atoms with E-state index >= 15 is 0 Å². The van der Waals surface area contributed by atoms with Crippen molar-refractivity contribution in [2.75, 3.05) is 0 Å². The van der Waals surface area contributed by atoms with Gasteiger partial charge >= 0.3 is 6.18 Å². The van der Waals surface area contributed by atoms with Gasteiger partial charge in [-0.25, -0.2) is 8.78 Å². The maximum atomic E-state index is 13.0. The van der Waals surface area contributed by atoms with Crippen LogP contribution in [-0.4, -0.2) is 17.3 Å². The lowest BCUT2D eigenvalue weighted by molar-refractivity contribution is -0.274. The second kappa shape index (κ2) is 4.81. The van der Waals surface area contributed by atoms with Crippen molar-refractivity contribution in [3.05, 3.63) is 35.4 Å². The van der Waals surface area contributed by atoms with Crippen molar-refractivity contribution in [2.24, 2.45) is 5.73 Å². The molecule has 0 aliphatic heterocycles. The third-order valence-corrected chi connectivity index (χ3v) is 2.71. The van der Waals surface area contributed by atoms with E-state index in [9.17, 15) is 27.1 Å². The van der Waals surface area contributed by atoms with Crippen molar-refractivity contribution >= 4 is 0 Å². The van der Waals surface area contributed by atoms with E-state index < -0.39 is 35.0 Å². The Kier molecular flexibility index (Phi) is 3.97. The fourth-order valence-electron chi connectivity index (χ4n) is 1.66. The Bertz CT molecular complexity index is 414. The molecule has 1 rings (SSSR count). The summed E-state index contributed by atoms with van der Waals surface area (Å²) in [4.78, 5) is 0. The number of alkyl halides is 3. The Balaban J connectivity index is 3.44. The first kappa shape index (κ1) is 14.8. The molecule has 0 aliphatic carbocycles. The fourth-order valence-corrected chi connectivity index (χ4v) is 1.66. The van der Waals surface area contributed by atoms with Crippen LogP contribution in [0.2, 0.25) is 0 Å². The van der Waals surface area contributed by atoms with Crippen molar-refractivity contribution < 1.29 is 27.1 Å². The number of hydrogen-bond donors (Lipinski definition) is 2. The van der Waals surface area contributed by atoms with E-state index in [0.717, 1.165) is 0 Å². The maximum Gasteiger partial charge on any atom is 0.423 e. The Hall–Kier alpha value is -1.21. The van der Waals surface area contributed by atoms with E-state index in [1.165, 1.54) is 6.92 Å². The van der Waals surface area contributed by atoms with E-state index in [4.69, 9.17) is 5.73 Å². The van der Waals surface area contributed by atoms with Crippen LogP contribution in [0.1, 0.15) is 18.9 Å². The van der Waals surface area contributed by atoms with Crippen LogP contribution >= 0.6 is 0 Å². The first-order chi connectivity index (χ1) is 8.12. The average molecular weight is 269 g/mol. The van der Waals surface area contributed by atoms with Crippen LogP contribution in [0.3, 0.4) is 0 Å². The quantitative estimate of drug-likeness (QED) is 0.828. The molecule has 3 N–H and O–H groups in total. The summed E-state index contributed by atoms with van der Waals surface area (Å²) in [6.07, 6.45) is -5.35. The van der Waals surface area contributed by atoms with Crippen molar-refractivity contribution in [1.82, 2.24) is 0 Å². The molecule has 102 valence electrons. The lowest BCUT2D eigenvalue weighted by Crippen LogP contribution is -2.55. The Morgan fingerprint density at radius 2 is 1.61 bits per heavy atom. The molecule has 0 saturated heterocycles. The van der Waals surface area contributed by atoms with Crippen molar-refractivity contribution in [2.45, 2.75) is 31.2 Å². The van der Waals surface area contributed by atoms with Crippen LogP contribution in [0.5, 0.6) is 0 Å². The number of rotatable bonds is 3. The molecular formula is C11H12F5NO. The van der Waals surface area contributed by atoms with Gasteiger partial charge in [0.05, 0.1) is 0 Å². The molecule has 0 saturated carbocycles. The van der Waals surface area contributed by atoms with Gasteiger partial charge in [0.2, 0.25) is 5.60 Å². The van der Waals surface area contributed by atoms with Crippen molar-refractivity contribution in [3.8, 4) is 0 Å². The van der Waals surface area contributed by atoms with Gasteiger partial charge in [-0.3, -0.25) is 0 Å². The molecule has 18 heavy (non-hydrogen) atoms. The minimum Gasteiger partial charge on any atom is -0.375 e. The largest absolute Gasteiger partial charge is 0.423 e. The molecule has 0 aromatic heterocycles. The van der Waals surface area contributed by atoms with Gasteiger partial charge in [0, 0.05) is 17.7 Å². The molecular weight excluding hydrogens is 257 g/mol. The molecule has 0 radical (unpaired) electrons. The molecule has 0 fully saturated rings. The zero-order chi connectivity index (χ0) is 14.1. The van der Waals surface area contributed by atoms with Gasteiger partial charge in [-0.2, -0.15) is 13.2 Å². The molecule has 2 unspecified atom stereocenters. The normalized spacial score (nSPS) is 17.3. The number of hydrogen-bond acceptors (Lipinski definition) is 2. The van der Waals surface area contributed by atoms with Gasteiger partial charge in [0.1, 0.15) is 11.6 Å². The maximum absolute atomic E-state index is 13.0. The Labute approximate surface area is 100 Å². The van der Waals surface area contributed by atoms with Crippen molar-refractivity contribution in [1.29, 1.82) is 0 Å². The fraction of sp³-hybridized carbons (Fsp3) is 0.455. The second-order valence-corrected chi connectivity index (χ2v) is 3.94. The molecule has 1 aromatic rings. The summed E-state index contributed by atoms with van der Waals surface area (Å²) < 4.78 is 64.7. The second-order valence-electron chi connectivity index (χ2n) is 3.94. The predicted octanol–water partition coefficient (Wildman–Crippen LogP) is 2.45. The van der Waals surface area contributed by atoms with Crippen molar-refractivity contribution in [3.63, 3.8) is 0 Å². The van der Waals surface area contributed by atoms with Crippen LogP contribution in [0, 0.1) is 11.6 Å². The monoisotopic (exact) mass is 269 g/mol. The minimum atomic E-state index is -5.14. The highest BCUT2D eigenvalue weighted by molar-refractivity contribution is 5.28. The summed E-state index contributed by atoms with van der Waals surface area (Å²) in [5.74, 6) is -2.42. The minimum absolute atomic E-state index is 0.214. The standard InChI is InChI=1S/C11H12F5NO/c1-2-9(17)10(18,11(14,15)16)6-3-7(12)5-8(13)4-6/h3-5,9,18H,2,17H2,1H3. The zero-order valence-electron chi connectivity index (χ0n) is 9.43. The summed E-state index contributed by atoms with van der Waals surface area (Å²) in [6.45, 7) is 1.33. The molecule has 0 aliphatic rings. The number of nitrogens with two attached hydrogens (primary N) is 1. The smallest absolute Gasteiger partial charge is 0.375 e. The summed E-state index contributed by atoms with van der Waals surface area (Å²) in [7, 11) is 0. The Morgan fingerprint density at radius 3 is 1.94 bits per heavy atom. The van der Waals surface area contributed by atoms with Gasteiger partial charge < -0.3 is 10.8 Å². The number of aliphatic hydroxyl groups is 1. The van der Waals surface area contributed by atoms with Gasteiger partial charge in [0.25, 0.3) is 0 Å². The molecule has 0 amide bonds. The van der Waals surface area contributed by atoms with E-state index in [1.807, 2.05) is 0 Å². The van der Waals surface area contributed by atoms with E-state index in [0.29, 0.717) is 18.2 Å². The molecule has 7 heteroatoms. The third kappa shape index (κ3) is 2.46. The van der Waals surface area contributed by atoms with Crippen LogP contribution in [0.4, 0.5) is 22.0 Å². The van der Waals surface area contributed by atoms with Gasteiger partial charge in [0.15, 0.2) is 0 Å². The first-order valence-corrected chi connectivity index (χ1v) is 5.14. The summed E-state index contributed by atoms with van der Waals surface area (Å²) >= 11 is 0. The lowest BCUT2D eigenvalue weighted by Gasteiger charge is -2.35. The first-order valence-electron chi connectivity index (χ1n) is 5.14. The summed E-state index contributed by atoms with van der Waals surface area (Å²) in [5, 5.41) is 9.75. The van der Waals surface area contributed by atoms with Crippen LogP contribution in [-0.2, 0) is 5.60 Å². The van der Waals surface area contributed by atoms with E-state index in [2.05, 4.69) is 0 Å². The lowest BCUT2D eigenvalue weighted by atomic mass is 9.84. The SMILES string of the molecule is CCC(N)C(O)(c1cc(F)cc(F)c1)C(F)(F)F. The van der Waals surface area contributed by atoms with E-state index in [-0.39, 0.29) is 6.42 Å². The topological polar surface area (TPSA) is 46.2 Å². The molecule has 0 heterocycles. The molecule has 2 atom stereocenters. The highest BCUT2D eigenvalue weighted by Crippen LogP contribution is 2.42. The number of halogens is 5. The summed E-state index contributed by atoms with van der Waals surface area (Å²) in [5.41, 5.74) is 0.831. The summed E-state index contributed by atoms with van der Waals surface area (Å²) in [6, 6.07) is -0.464. The van der Waals surface area contributed by atoms with Crippen LogP contribution in [0.25, 0.3) is 0 Å². The molecule has 2 nitrogen and oxygen atoms in total. The van der Waals surface area contributed by atoms with Gasteiger partial charge in [-0.05, 0) is 18.6 Å². The highest BCUT2D eigenvalue weighted by Gasteiger charge is 2.58. The molecule has 0 bridgehead atoms. The molecule has 0 spiro atoms. The zero-order valence-corrected chi connectivity index (χ0v) is 9.43. The van der Waals surface area contributed by atoms with Crippen LogP contribution in [0.15, 0.2) is 18.2 Å². The predicted molar refractivity (Wildman–Crippen MR) is 54.6 cm³/mol. The van der Waals surface area contributed by atoms with E-state index in [1.54, 1.807) is 0 Å². The molecule has 1 aromatic carbocycles. The van der Waals surface area contributed by atoms with Gasteiger partial charge in [-0.15, -0.1) is 0 Å². The van der Waals surface area contributed by atoms with Crippen LogP contribution < -0.4 is 5.73 Å². The van der Waals surface area contributed by atoms with Gasteiger partial charge in [-0.1, -0.05) is 6.92 Å².